The van der Waals surface area contributed by atoms with Crippen LogP contribution >= 0.6 is 22.6 Å². The molecule has 0 saturated heterocycles. The second-order valence-corrected chi connectivity index (χ2v) is 3.58. The molecule has 2 rings (SSSR count). The molecule has 0 unspecified atom stereocenters. The van der Waals surface area contributed by atoms with Crippen molar-refractivity contribution in [3.63, 3.8) is 0 Å². The summed E-state index contributed by atoms with van der Waals surface area (Å²) in [7, 11) is 0. The summed E-state index contributed by atoms with van der Waals surface area (Å²) in [6, 6.07) is 5.77. The van der Waals surface area contributed by atoms with Crippen molar-refractivity contribution in [2.45, 2.75) is 0 Å². The lowest BCUT2D eigenvalue weighted by molar-refractivity contribution is 0.110. The lowest BCUT2D eigenvalue weighted by atomic mass is 10.2. The first-order valence-electron chi connectivity index (χ1n) is 3.44. The molecule has 12 heavy (non-hydrogen) atoms. The minimum Gasteiger partial charge on any atom is -0.460 e. The summed E-state index contributed by atoms with van der Waals surface area (Å²) in [5.74, 6) is 0.406. The quantitative estimate of drug-likeness (QED) is 0.590. The van der Waals surface area contributed by atoms with E-state index in [1.54, 1.807) is 6.26 Å². The van der Waals surface area contributed by atoms with Crippen molar-refractivity contribution in [2.24, 2.45) is 0 Å². The van der Waals surface area contributed by atoms with Gasteiger partial charge in [-0.15, -0.1) is 0 Å². The van der Waals surface area contributed by atoms with Crippen molar-refractivity contribution < 1.29 is 9.21 Å². The second-order valence-electron chi connectivity index (χ2n) is 2.42. The Labute approximate surface area is 82.7 Å². The van der Waals surface area contributed by atoms with Gasteiger partial charge in [-0.2, -0.15) is 0 Å². The van der Waals surface area contributed by atoms with E-state index in [2.05, 4.69) is 22.6 Å². The number of hydrogen-bond acceptors (Lipinski definition) is 2. The number of aldehydes is 1. The first kappa shape index (κ1) is 7.79. The predicted octanol–water partition coefficient (Wildman–Crippen LogP) is 2.85. The standard InChI is InChI=1S/C9H5IO2/c10-8-3-1-2-6-7(8)5-12-9(6)4-11/h1-5H. The molecule has 0 aliphatic rings. The van der Waals surface area contributed by atoms with Gasteiger partial charge in [0.25, 0.3) is 0 Å². The molecule has 2 aromatic rings. The van der Waals surface area contributed by atoms with Gasteiger partial charge in [-0.1, -0.05) is 12.1 Å². The van der Waals surface area contributed by atoms with Crippen LogP contribution in [0.4, 0.5) is 0 Å². The van der Waals surface area contributed by atoms with E-state index in [9.17, 15) is 4.79 Å². The maximum Gasteiger partial charge on any atom is 0.185 e. The van der Waals surface area contributed by atoms with Crippen LogP contribution in [-0.2, 0) is 0 Å². The molecule has 3 heteroatoms. The van der Waals surface area contributed by atoms with Gasteiger partial charge in [-0.25, -0.2) is 0 Å². The van der Waals surface area contributed by atoms with E-state index in [4.69, 9.17) is 4.42 Å². The molecule has 1 aromatic heterocycles. The van der Waals surface area contributed by atoms with Crippen LogP contribution in [0.2, 0.25) is 0 Å². The van der Waals surface area contributed by atoms with Crippen LogP contribution in [0.3, 0.4) is 0 Å². The number of hydrogen-bond donors (Lipinski definition) is 0. The molecule has 0 radical (unpaired) electrons. The Hall–Kier alpha value is -0.840. The third-order valence-corrected chi connectivity index (χ3v) is 2.67. The van der Waals surface area contributed by atoms with Crippen molar-refractivity contribution in [1.29, 1.82) is 0 Å². The molecule has 0 saturated carbocycles. The lowest BCUT2D eigenvalue weighted by Gasteiger charge is -1.90. The Kier molecular flexibility index (Phi) is 1.88. The van der Waals surface area contributed by atoms with Crippen LogP contribution in [0, 0.1) is 3.57 Å². The Morgan fingerprint density at radius 2 is 2.17 bits per heavy atom. The van der Waals surface area contributed by atoms with Crippen LogP contribution in [0.25, 0.3) is 10.8 Å². The summed E-state index contributed by atoms with van der Waals surface area (Å²) in [6.07, 6.45) is 2.35. The molecule has 1 heterocycles. The fraction of sp³-hybridized carbons (Fsp3) is 0. The van der Waals surface area contributed by atoms with Crippen LogP contribution in [0.15, 0.2) is 28.9 Å². The minimum atomic E-state index is 0.406. The van der Waals surface area contributed by atoms with E-state index < -0.39 is 0 Å². The number of fused-ring (bicyclic) bond motifs is 1. The zero-order valence-electron chi connectivity index (χ0n) is 6.08. The zero-order valence-corrected chi connectivity index (χ0v) is 8.24. The Balaban J connectivity index is 2.88. The van der Waals surface area contributed by atoms with Gasteiger partial charge in [-0.3, -0.25) is 4.79 Å². The highest BCUT2D eigenvalue weighted by Gasteiger charge is 2.05. The highest BCUT2D eigenvalue weighted by molar-refractivity contribution is 14.1. The van der Waals surface area contributed by atoms with E-state index in [0.29, 0.717) is 5.76 Å². The number of benzene rings is 1. The van der Waals surface area contributed by atoms with Gasteiger partial charge >= 0.3 is 0 Å². The average Bonchev–Trinajstić information content (AvgIpc) is 2.49. The fourth-order valence-electron chi connectivity index (χ4n) is 1.15. The lowest BCUT2D eigenvalue weighted by Crippen LogP contribution is -1.75. The average molecular weight is 272 g/mol. The van der Waals surface area contributed by atoms with E-state index in [-0.39, 0.29) is 0 Å². The molecule has 0 amide bonds. The van der Waals surface area contributed by atoms with Crippen molar-refractivity contribution >= 4 is 39.6 Å². The molecule has 0 fully saturated rings. The molecular weight excluding hydrogens is 267 g/mol. The van der Waals surface area contributed by atoms with Crippen molar-refractivity contribution in [3.05, 3.63) is 33.8 Å². The predicted molar refractivity (Wildman–Crippen MR) is 54.3 cm³/mol. The van der Waals surface area contributed by atoms with E-state index in [1.165, 1.54) is 0 Å². The topological polar surface area (TPSA) is 30.2 Å². The second kappa shape index (κ2) is 2.90. The molecule has 0 bridgehead atoms. The summed E-state index contributed by atoms with van der Waals surface area (Å²) in [5, 5.41) is 1.89. The van der Waals surface area contributed by atoms with E-state index in [1.807, 2.05) is 18.2 Å². The summed E-state index contributed by atoms with van der Waals surface area (Å²) in [5.41, 5.74) is 0. The summed E-state index contributed by atoms with van der Waals surface area (Å²) < 4.78 is 6.17. The molecule has 60 valence electrons. The van der Waals surface area contributed by atoms with Crippen molar-refractivity contribution in [3.8, 4) is 0 Å². The molecule has 0 atom stereocenters. The third kappa shape index (κ3) is 1.04. The Morgan fingerprint density at radius 3 is 2.92 bits per heavy atom. The van der Waals surface area contributed by atoms with Crippen molar-refractivity contribution in [1.82, 2.24) is 0 Å². The monoisotopic (exact) mass is 272 g/mol. The van der Waals surface area contributed by atoms with Crippen LogP contribution in [-0.4, -0.2) is 6.29 Å². The molecule has 0 N–H and O–H groups in total. The van der Waals surface area contributed by atoms with Gasteiger partial charge in [0.1, 0.15) is 6.26 Å². The number of rotatable bonds is 1. The van der Waals surface area contributed by atoms with Crippen LogP contribution < -0.4 is 0 Å². The van der Waals surface area contributed by atoms with Gasteiger partial charge in [0.15, 0.2) is 12.0 Å². The number of carbonyl (C=O) groups excluding carboxylic acids is 1. The van der Waals surface area contributed by atoms with Gasteiger partial charge in [-0.05, 0) is 28.7 Å². The number of halogens is 1. The first-order chi connectivity index (χ1) is 5.83. The first-order valence-corrected chi connectivity index (χ1v) is 4.51. The van der Waals surface area contributed by atoms with Gasteiger partial charge in [0.05, 0.1) is 0 Å². The maximum absolute atomic E-state index is 10.5. The Bertz CT molecular complexity index is 431. The summed E-state index contributed by atoms with van der Waals surface area (Å²) in [4.78, 5) is 10.5. The van der Waals surface area contributed by atoms with E-state index in [0.717, 1.165) is 20.6 Å². The summed E-state index contributed by atoms with van der Waals surface area (Å²) >= 11 is 2.21. The van der Waals surface area contributed by atoms with Gasteiger partial charge in [0, 0.05) is 14.3 Å². The number of furan rings is 1. The zero-order chi connectivity index (χ0) is 8.55. The normalized spacial score (nSPS) is 10.4. The van der Waals surface area contributed by atoms with Gasteiger partial charge < -0.3 is 4.42 Å². The van der Waals surface area contributed by atoms with E-state index >= 15 is 0 Å². The minimum absolute atomic E-state index is 0.406. The van der Waals surface area contributed by atoms with Crippen LogP contribution in [0.5, 0.6) is 0 Å². The fourth-order valence-corrected chi connectivity index (χ4v) is 1.77. The van der Waals surface area contributed by atoms with Crippen LogP contribution in [0.1, 0.15) is 10.6 Å². The maximum atomic E-state index is 10.5. The summed E-state index contributed by atoms with van der Waals surface area (Å²) in [6.45, 7) is 0. The molecule has 0 aliphatic heterocycles. The molecule has 2 nitrogen and oxygen atoms in total. The highest BCUT2D eigenvalue weighted by atomic mass is 127. The molecule has 0 aliphatic carbocycles. The van der Waals surface area contributed by atoms with Crippen molar-refractivity contribution in [2.75, 3.05) is 0 Å². The smallest absolute Gasteiger partial charge is 0.185 e. The largest absolute Gasteiger partial charge is 0.460 e. The Morgan fingerprint density at radius 1 is 1.33 bits per heavy atom. The van der Waals surface area contributed by atoms with Gasteiger partial charge in [0.2, 0.25) is 0 Å². The molecule has 1 aromatic carbocycles. The number of carbonyl (C=O) groups is 1. The molecule has 0 spiro atoms. The third-order valence-electron chi connectivity index (χ3n) is 1.73. The highest BCUT2D eigenvalue weighted by Crippen LogP contribution is 2.24. The SMILES string of the molecule is O=Cc1occ2c(I)cccc12. The molecular formula is C9H5IO2.